The zero-order valence-electron chi connectivity index (χ0n) is 17.1. The first-order chi connectivity index (χ1) is 14.1. The van der Waals surface area contributed by atoms with Gasteiger partial charge >= 0.3 is 5.97 Å². The molecule has 4 rings (SSSR count). The van der Waals surface area contributed by atoms with Crippen molar-refractivity contribution in [3.05, 3.63) is 35.9 Å². The van der Waals surface area contributed by atoms with Gasteiger partial charge in [-0.1, -0.05) is 30.3 Å². The van der Waals surface area contributed by atoms with Gasteiger partial charge in [-0.15, -0.1) is 0 Å². The third kappa shape index (κ3) is 3.59. The molecule has 0 aromatic heterocycles. The highest BCUT2D eigenvalue weighted by molar-refractivity contribution is 6.08. The lowest BCUT2D eigenvalue weighted by Crippen LogP contribution is -2.61. The van der Waals surface area contributed by atoms with Crippen molar-refractivity contribution in [3.63, 3.8) is 0 Å². The van der Waals surface area contributed by atoms with Crippen molar-refractivity contribution in [2.24, 2.45) is 5.41 Å². The van der Waals surface area contributed by atoms with Crippen molar-refractivity contribution in [2.75, 3.05) is 20.2 Å². The Balaban J connectivity index is 1.64. The molecule has 1 aromatic rings. The van der Waals surface area contributed by atoms with Crippen molar-refractivity contribution in [1.82, 2.24) is 9.80 Å². The predicted octanol–water partition coefficient (Wildman–Crippen LogP) is 2.55. The molecule has 3 aliphatic heterocycles. The molecule has 6 heteroatoms. The summed E-state index contributed by atoms with van der Waals surface area (Å²) in [5.74, 6) is -0.753. The zero-order valence-corrected chi connectivity index (χ0v) is 17.1. The molecule has 3 saturated heterocycles. The van der Waals surface area contributed by atoms with Crippen LogP contribution in [0.3, 0.4) is 0 Å². The molecule has 3 aliphatic rings. The number of rotatable bonds is 5. The summed E-state index contributed by atoms with van der Waals surface area (Å²) < 4.78 is 5.14. The largest absolute Gasteiger partial charge is 0.468 e. The first-order valence-electron chi connectivity index (χ1n) is 10.8. The van der Waals surface area contributed by atoms with Gasteiger partial charge in [0.2, 0.25) is 5.91 Å². The first-order valence-corrected chi connectivity index (χ1v) is 10.8. The topological polar surface area (TPSA) is 66.9 Å². The molecular formula is C23H30N2O4. The van der Waals surface area contributed by atoms with Crippen molar-refractivity contribution in [3.8, 4) is 0 Å². The number of methoxy groups -OCH3 is 1. The van der Waals surface area contributed by atoms with E-state index >= 15 is 0 Å². The Morgan fingerprint density at radius 2 is 1.83 bits per heavy atom. The minimum Gasteiger partial charge on any atom is -0.468 e. The molecule has 0 saturated carbocycles. The van der Waals surface area contributed by atoms with Gasteiger partial charge in [0.05, 0.1) is 13.5 Å². The standard InChI is InChI=1S/C23H30N2O4/c1-29-22(28)23(15-21(27)24-12-6-3-7-13-24)19-11-10-18(14-20(23)26)25(19)16-17-8-4-2-5-9-17/h2,4-5,8-9,18-19H,3,6-7,10-16H2,1H3/t18-,19-,23+/m1/s1. The number of Topliss-reactive ketones (excluding diaryl/α,β-unsaturated/α-hetero) is 1. The Labute approximate surface area is 172 Å². The fraction of sp³-hybridized carbons (Fsp3) is 0.609. The van der Waals surface area contributed by atoms with E-state index in [-0.39, 0.29) is 30.2 Å². The van der Waals surface area contributed by atoms with Gasteiger partial charge in [0.15, 0.2) is 11.2 Å². The first kappa shape index (κ1) is 20.1. The number of ether oxygens (including phenoxy) is 1. The van der Waals surface area contributed by atoms with Gasteiger partial charge in [0.1, 0.15) is 0 Å². The summed E-state index contributed by atoms with van der Waals surface area (Å²) in [6.45, 7) is 2.11. The third-order valence-electron chi connectivity index (χ3n) is 7.03. The number of carbonyl (C=O) groups is 3. The molecule has 0 unspecified atom stereocenters. The van der Waals surface area contributed by atoms with Crippen LogP contribution in [0.5, 0.6) is 0 Å². The number of benzene rings is 1. The highest BCUT2D eigenvalue weighted by Crippen LogP contribution is 2.48. The number of ketones is 1. The van der Waals surface area contributed by atoms with Crippen LogP contribution in [-0.2, 0) is 25.7 Å². The Morgan fingerprint density at radius 3 is 2.52 bits per heavy atom. The minimum absolute atomic E-state index is 0.0683. The van der Waals surface area contributed by atoms with Gasteiger partial charge in [-0.3, -0.25) is 19.3 Å². The van der Waals surface area contributed by atoms with Crippen molar-refractivity contribution in [1.29, 1.82) is 0 Å². The molecule has 0 spiro atoms. The van der Waals surface area contributed by atoms with Crippen LogP contribution in [0, 0.1) is 5.41 Å². The summed E-state index contributed by atoms with van der Waals surface area (Å²) in [6, 6.07) is 9.96. The maximum absolute atomic E-state index is 13.3. The van der Waals surface area contributed by atoms with E-state index in [1.165, 1.54) is 7.11 Å². The molecule has 6 nitrogen and oxygen atoms in total. The normalized spacial score (nSPS) is 29.7. The summed E-state index contributed by atoms with van der Waals surface area (Å²) in [4.78, 5) is 43.6. The number of hydrogen-bond donors (Lipinski definition) is 0. The maximum atomic E-state index is 13.3. The molecule has 3 fully saturated rings. The van der Waals surface area contributed by atoms with Crippen molar-refractivity contribution >= 4 is 17.7 Å². The van der Waals surface area contributed by atoms with Crippen LogP contribution < -0.4 is 0 Å². The quantitative estimate of drug-likeness (QED) is 0.563. The monoisotopic (exact) mass is 398 g/mol. The molecule has 0 aliphatic carbocycles. The summed E-state index contributed by atoms with van der Waals surface area (Å²) >= 11 is 0. The summed E-state index contributed by atoms with van der Waals surface area (Å²) in [6.07, 6.45) is 4.95. The lowest BCUT2D eigenvalue weighted by Gasteiger charge is -2.46. The zero-order chi connectivity index (χ0) is 20.4. The van der Waals surface area contributed by atoms with Crippen LogP contribution in [0.1, 0.15) is 50.5 Å². The second-order valence-electron chi connectivity index (χ2n) is 8.61. The lowest BCUT2D eigenvalue weighted by atomic mass is 9.69. The summed E-state index contributed by atoms with van der Waals surface area (Å²) in [5.41, 5.74) is -0.231. The highest BCUT2D eigenvalue weighted by Gasteiger charge is 2.62. The summed E-state index contributed by atoms with van der Waals surface area (Å²) in [5, 5.41) is 0. The van der Waals surface area contributed by atoms with E-state index in [0.29, 0.717) is 26.1 Å². The minimum atomic E-state index is -1.38. The fourth-order valence-electron chi connectivity index (χ4n) is 5.51. The van der Waals surface area contributed by atoms with Crippen LogP contribution >= 0.6 is 0 Å². The van der Waals surface area contributed by atoms with Gasteiger partial charge in [-0.25, -0.2) is 0 Å². The van der Waals surface area contributed by atoms with Gasteiger partial charge in [-0.05, 0) is 37.7 Å². The SMILES string of the molecule is COC(=O)[C@]1(CC(=O)N2CCCCC2)C(=O)C[C@H]2CC[C@H]1N2Cc1ccccc1. The van der Waals surface area contributed by atoms with E-state index < -0.39 is 11.4 Å². The number of hydrogen-bond acceptors (Lipinski definition) is 5. The molecule has 2 bridgehead atoms. The number of carbonyl (C=O) groups excluding carboxylic acids is 3. The third-order valence-corrected chi connectivity index (χ3v) is 7.03. The molecule has 3 heterocycles. The fourth-order valence-corrected chi connectivity index (χ4v) is 5.51. The average Bonchev–Trinajstić information content (AvgIpc) is 3.07. The van der Waals surface area contributed by atoms with Crippen LogP contribution in [0.4, 0.5) is 0 Å². The molecule has 29 heavy (non-hydrogen) atoms. The second kappa shape index (κ2) is 8.27. The molecule has 156 valence electrons. The van der Waals surface area contributed by atoms with E-state index in [9.17, 15) is 14.4 Å². The van der Waals surface area contributed by atoms with Crippen LogP contribution in [0.25, 0.3) is 0 Å². The molecule has 3 atom stereocenters. The number of piperidine rings is 2. The van der Waals surface area contributed by atoms with E-state index in [0.717, 1.165) is 37.7 Å². The maximum Gasteiger partial charge on any atom is 0.321 e. The number of esters is 1. The average molecular weight is 399 g/mol. The second-order valence-corrected chi connectivity index (χ2v) is 8.61. The molecular weight excluding hydrogens is 368 g/mol. The van der Waals surface area contributed by atoms with Crippen LogP contribution in [-0.4, -0.2) is 59.7 Å². The smallest absolute Gasteiger partial charge is 0.321 e. The van der Waals surface area contributed by atoms with Gasteiger partial charge < -0.3 is 9.64 Å². The summed E-state index contributed by atoms with van der Waals surface area (Å²) in [7, 11) is 1.32. The van der Waals surface area contributed by atoms with E-state index in [1.54, 1.807) is 0 Å². The molecule has 0 N–H and O–H groups in total. The van der Waals surface area contributed by atoms with Gasteiger partial charge in [0, 0.05) is 38.1 Å². The van der Waals surface area contributed by atoms with Crippen LogP contribution in [0.2, 0.25) is 0 Å². The van der Waals surface area contributed by atoms with Crippen molar-refractivity contribution in [2.45, 2.75) is 63.6 Å². The molecule has 0 radical (unpaired) electrons. The molecule has 1 amide bonds. The Morgan fingerprint density at radius 1 is 1.10 bits per heavy atom. The Kier molecular flexibility index (Phi) is 5.72. The predicted molar refractivity (Wildman–Crippen MR) is 108 cm³/mol. The van der Waals surface area contributed by atoms with Gasteiger partial charge in [0.25, 0.3) is 0 Å². The number of nitrogens with zero attached hydrogens (tertiary/aromatic N) is 2. The van der Waals surface area contributed by atoms with Crippen molar-refractivity contribution < 1.29 is 19.1 Å². The van der Waals surface area contributed by atoms with Gasteiger partial charge in [-0.2, -0.15) is 0 Å². The van der Waals surface area contributed by atoms with E-state index in [1.807, 2.05) is 23.1 Å². The molecule has 1 aromatic carbocycles. The number of amides is 1. The lowest BCUT2D eigenvalue weighted by molar-refractivity contribution is -0.171. The van der Waals surface area contributed by atoms with Crippen LogP contribution in [0.15, 0.2) is 30.3 Å². The Bertz CT molecular complexity index is 774. The van der Waals surface area contributed by atoms with E-state index in [2.05, 4.69) is 17.0 Å². The Hall–Kier alpha value is -2.21. The number of likely N-dealkylation sites (tertiary alicyclic amines) is 1. The number of fused-ring (bicyclic) bond motifs is 2. The highest BCUT2D eigenvalue weighted by atomic mass is 16.5. The van der Waals surface area contributed by atoms with E-state index in [4.69, 9.17) is 4.74 Å².